The van der Waals surface area contributed by atoms with Gasteiger partial charge in [-0.25, -0.2) is 0 Å². The van der Waals surface area contributed by atoms with Crippen LogP contribution in [0.5, 0.6) is 0 Å². The van der Waals surface area contributed by atoms with Crippen molar-refractivity contribution in [3.05, 3.63) is 30.3 Å². The Morgan fingerprint density at radius 1 is 1.23 bits per heavy atom. The number of hydrogen-bond acceptors (Lipinski definition) is 5. The number of carbonyl (C=O) groups excluding carboxylic acids is 1. The molecule has 1 aromatic heterocycles. The van der Waals surface area contributed by atoms with E-state index in [0.717, 1.165) is 31.5 Å². The molecule has 114 valence electrons. The van der Waals surface area contributed by atoms with Crippen LogP contribution >= 0.6 is 0 Å². The summed E-state index contributed by atoms with van der Waals surface area (Å²) >= 11 is 0. The normalized spacial score (nSPS) is 24.7. The SMILES string of the molecule is C[C@@H]1C(=O)N2CCC[C@H]2CN1c1nc(-c2ccccc2)no1. The molecule has 0 N–H and O–H groups in total. The van der Waals surface area contributed by atoms with Crippen LogP contribution < -0.4 is 4.90 Å². The average molecular weight is 298 g/mol. The van der Waals surface area contributed by atoms with E-state index < -0.39 is 0 Å². The van der Waals surface area contributed by atoms with Gasteiger partial charge in [-0.2, -0.15) is 4.98 Å². The van der Waals surface area contributed by atoms with Gasteiger partial charge >= 0.3 is 6.01 Å². The lowest BCUT2D eigenvalue weighted by atomic mass is 10.1. The smallest absolute Gasteiger partial charge is 0.325 e. The summed E-state index contributed by atoms with van der Waals surface area (Å²) in [5.74, 6) is 0.720. The maximum absolute atomic E-state index is 12.5. The van der Waals surface area contributed by atoms with Crippen LogP contribution in [-0.2, 0) is 4.79 Å². The zero-order valence-corrected chi connectivity index (χ0v) is 12.5. The van der Waals surface area contributed by atoms with Crippen LogP contribution in [0, 0.1) is 0 Å². The van der Waals surface area contributed by atoms with Crippen molar-refractivity contribution in [3.63, 3.8) is 0 Å². The summed E-state index contributed by atoms with van der Waals surface area (Å²) in [6.45, 7) is 3.55. The molecule has 0 unspecified atom stereocenters. The largest absolute Gasteiger partial charge is 0.336 e. The highest BCUT2D eigenvalue weighted by atomic mass is 16.5. The molecule has 0 spiro atoms. The Balaban J connectivity index is 1.62. The van der Waals surface area contributed by atoms with Gasteiger partial charge in [0.15, 0.2) is 0 Å². The van der Waals surface area contributed by atoms with Gasteiger partial charge in [0.1, 0.15) is 6.04 Å². The molecule has 6 heteroatoms. The third-order valence-corrected chi connectivity index (χ3v) is 4.59. The van der Waals surface area contributed by atoms with Gasteiger partial charge in [0.05, 0.1) is 0 Å². The molecule has 0 aliphatic carbocycles. The summed E-state index contributed by atoms with van der Waals surface area (Å²) in [5, 5.41) is 4.05. The molecule has 3 heterocycles. The Bertz CT molecular complexity index is 684. The summed E-state index contributed by atoms with van der Waals surface area (Å²) in [6, 6.07) is 10.2. The van der Waals surface area contributed by atoms with Crippen molar-refractivity contribution in [1.82, 2.24) is 15.0 Å². The number of hydrogen-bond donors (Lipinski definition) is 0. The molecule has 22 heavy (non-hydrogen) atoms. The van der Waals surface area contributed by atoms with E-state index in [9.17, 15) is 4.79 Å². The molecular weight excluding hydrogens is 280 g/mol. The molecule has 4 rings (SSSR count). The Hall–Kier alpha value is -2.37. The van der Waals surface area contributed by atoms with Crippen molar-refractivity contribution in [1.29, 1.82) is 0 Å². The number of aromatic nitrogens is 2. The van der Waals surface area contributed by atoms with Gasteiger partial charge in [-0.3, -0.25) is 4.79 Å². The first-order valence-electron chi connectivity index (χ1n) is 7.70. The highest BCUT2D eigenvalue weighted by Crippen LogP contribution is 2.29. The summed E-state index contributed by atoms with van der Waals surface area (Å²) in [4.78, 5) is 20.9. The van der Waals surface area contributed by atoms with Crippen LogP contribution in [0.1, 0.15) is 19.8 Å². The summed E-state index contributed by atoms with van der Waals surface area (Å²) in [6.07, 6.45) is 2.13. The number of amides is 1. The summed E-state index contributed by atoms with van der Waals surface area (Å²) in [7, 11) is 0. The predicted molar refractivity (Wildman–Crippen MR) is 81.3 cm³/mol. The Morgan fingerprint density at radius 2 is 2.05 bits per heavy atom. The van der Waals surface area contributed by atoms with Crippen LogP contribution in [0.4, 0.5) is 6.01 Å². The number of piperazine rings is 1. The van der Waals surface area contributed by atoms with Crippen LogP contribution in [0.2, 0.25) is 0 Å². The van der Waals surface area contributed by atoms with E-state index in [4.69, 9.17) is 4.52 Å². The Labute approximate surface area is 128 Å². The van der Waals surface area contributed by atoms with Crippen molar-refractivity contribution >= 4 is 11.9 Å². The first kappa shape index (κ1) is 13.3. The Morgan fingerprint density at radius 3 is 2.86 bits per heavy atom. The maximum Gasteiger partial charge on any atom is 0.325 e. The molecule has 2 aliphatic rings. The van der Waals surface area contributed by atoms with Crippen LogP contribution in [0.15, 0.2) is 34.9 Å². The number of nitrogens with zero attached hydrogens (tertiary/aromatic N) is 4. The minimum absolute atomic E-state index is 0.160. The first-order valence-corrected chi connectivity index (χ1v) is 7.70. The second kappa shape index (κ2) is 5.12. The fourth-order valence-electron chi connectivity index (χ4n) is 3.35. The summed E-state index contributed by atoms with van der Waals surface area (Å²) < 4.78 is 5.42. The van der Waals surface area contributed by atoms with Crippen molar-refractivity contribution < 1.29 is 9.32 Å². The van der Waals surface area contributed by atoms with Crippen LogP contribution in [0.3, 0.4) is 0 Å². The van der Waals surface area contributed by atoms with Gasteiger partial charge in [0, 0.05) is 24.7 Å². The fraction of sp³-hybridized carbons (Fsp3) is 0.438. The third kappa shape index (κ3) is 2.06. The molecule has 0 bridgehead atoms. The van der Waals surface area contributed by atoms with Gasteiger partial charge in [-0.1, -0.05) is 35.5 Å². The van der Waals surface area contributed by atoms with E-state index >= 15 is 0 Å². The van der Waals surface area contributed by atoms with Gasteiger partial charge in [-0.05, 0) is 19.8 Å². The zero-order chi connectivity index (χ0) is 15.1. The molecular formula is C16H18N4O2. The topological polar surface area (TPSA) is 62.5 Å². The lowest BCUT2D eigenvalue weighted by Gasteiger charge is -2.40. The third-order valence-electron chi connectivity index (χ3n) is 4.59. The minimum atomic E-state index is -0.251. The molecule has 2 aromatic rings. The first-order chi connectivity index (χ1) is 10.7. The van der Waals surface area contributed by atoms with E-state index in [1.165, 1.54) is 0 Å². The highest BCUT2D eigenvalue weighted by molar-refractivity contribution is 5.86. The van der Waals surface area contributed by atoms with Gasteiger partial charge in [-0.15, -0.1) is 0 Å². The molecule has 2 aliphatic heterocycles. The number of fused-ring (bicyclic) bond motifs is 1. The van der Waals surface area contributed by atoms with Crippen LogP contribution in [-0.4, -0.2) is 46.1 Å². The second-order valence-electron chi connectivity index (χ2n) is 5.92. The molecule has 0 saturated carbocycles. The number of benzene rings is 1. The fourth-order valence-corrected chi connectivity index (χ4v) is 3.35. The molecule has 2 atom stereocenters. The lowest BCUT2D eigenvalue weighted by molar-refractivity contribution is -0.135. The number of carbonyl (C=O) groups is 1. The number of anilines is 1. The van der Waals surface area contributed by atoms with Gasteiger partial charge in [0.2, 0.25) is 11.7 Å². The van der Waals surface area contributed by atoms with Crippen LogP contribution in [0.25, 0.3) is 11.4 Å². The standard InChI is InChI=1S/C16H18N4O2/c1-11-15(21)19-9-5-8-13(19)10-20(11)16-17-14(18-22-16)12-6-3-2-4-7-12/h2-4,6-7,11,13H,5,8-10H2,1H3/t11-,13+/m1/s1. The van der Waals surface area contributed by atoms with E-state index in [1.807, 2.05) is 47.1 Å². The van der Waals surface area contributed by atoms with E-state index in [1.54, 1.807) is 0 Å². The maximum atomic E-state index is 12.5. The molecule has 1 amide bonds. The average Bonchev–Trinajstić information content (AvgIpc) is 3.20. The van der Waals surface area contributed by atoms with Crippen molar-refractivity contribution in [3.8, 4) is 11.4 Å². The summed E-state index contributed by atoms with van der Waals surface area (Å²) in [5.41, 5.74) is 0.913. The van der Waals surface area contributed by atoms with Crippen molar-refractivity contribution in [2.24, 2.45) is 0 Å². The van der Waals surface area contributed by atoms with Gasteiger partial charge < -0.3 is 14.3 Å². The van der Waals surface area contributed by atoms with E-state index in [2.05, 4.69) is 10.1 Å². The minimum Gasteiger partial charge on any atom is -0.336 e. The zero-order valence-electron chi connectivity index (χ0n) is 12.5. The van der Waals surface area contributed by atoms with E-state index in [0.29, 0.717) is 11.8 Å². The second-order valence-corrected chi connectivity index (χ2v) is 5.92. The molecule has 2 saturated heterocycles. The molecule has 6 nitrogen and oxygen atoms in total. The molecule has 1 aromatic carbocycles. The highest BCUT2D eigenvalue weighted by Gasteiger charge is 2.42. The molecule has 2 fully saturated rings. The quantitative estimate of drug-likeness (QED) is 0.848. The number of rotatable bonds is 2. The van der Waals surface area contributed by atoms with Gasteiger partial charge in [0.25, 0.3) is 0 Å². The lowest BCUT2D eigenvalue weighted by Crippen LogP contribution is -2.58. The molecule has 0 radical (unpaired) electrons. The van der Waals surface area contributed by atoms with Crippen molar-refractivity contribution in [2.45, 2.75) is 31.8 Å². The predicted octanol–water partition coefficient (Wildman–Crippen LogP) is 1.94. The Kier molecular flexibility index (Phi) is 3.10. The van der Waals surface area contributed by atoms with Crippen molar-refractivity contribution in [2.75, 3.05) is 18.0 Å². The monoisotopic (exact) mass is 298 g/mol. The van der Waals surface area contributed by atoms with E-state index in [-0.39, 0.29) is 18.0 Å².